The van der Waals surface area contributed by atoms with Crippen molar-refractivity contribution >= 4 is 0 Å². The lowest BCUT2D eigenvalue weighted by Crippen LogP contribution is -2.28. The fraction of sp³-hybridized carbons (Fsp3) is 0.333. The van der Waals surface area contributed by atoms with Gasteiger partial charge in [0.05, 0.1) is 5.56 Å². The summed E-state index contributed by atoms with van der Waals surface area (Å²) in [5, 5.41) is 2.93. The Morgan fingerprint density at radius 1 is 1.27 bits per heavy atom. The van der Waals surface area contributed by atoms with E-state index in [-0.39, 0.29) is 5.56 Å². The van der Waals surface area contributed by atoms with Gasteiger partial charge >= 0.3 is 0 Å². The summed E-state index contributed by atoms with van der Waals surface area (Å²) in [4.78, 5) is 27.3. The number of ether oxygens (including phenoxy) is 1. The Hall–Kier alpha value is -3.00. The van der Waals surface area contributed by atoms with Gasteiger partial charge in [0.2, 0.25) is 5.88 Å². The lowest BCUT2D eigenvalue weighted by Gasteiger charge is -2.17. The first-order chi connectivity index (χ1) is 12.7. The fourth-order valence-corrected chi connectivity index (χ4v) is 2.62. The molecule has 0 atom stereocenters. The molecule has 8 nitrogen and oxygen atoms in total. The number of hydrogen-bond acceptors (Lipinski definition) is 6. The molecule has 136 valence electrons. The molecule has 0 spiro atoms. The van der Waals surface area contributed by atoms with Crippen LogP contribution in [0.1, 0.15) is 13.8 Å². The van der Waals surface area contributed by atoms with E-state index >= 15 is 0 Å². The molecule has 0 fully saturated rings. The van der Waals surface area contributed by atoms with Crippen LogP contribution in [0.2, 0.25) is 0 Å². The zero-order valence-corrected chi connectivity index (χ0v) is 14.9. The van der Waals surface area contributed by atoms with Gasteiger partial charge in [-0.3, -0.25) is 14.9 Å². The molecule has 0 amide bonds. The third-order valence-corrected chi connectivity index (χ3v) is 4.15. The molecule has 26 heavy (non-hydrogen) atoms. The maximum Gasteiger partial charge on any atom is 0.280 e. The van der Waals surface area contributed by atoms with Crippen molar-refractivity contribution in [2.45, 2.75) is 13.8 Å². The Bertz CT molecular complexity index is 886. The summed E-state index contributed by atoms with van der Waals surface area (Å²) >= 11 is 0. The number of aromatic nitrogens is 5. The van der Waals surface area contributed by atoms with E-state index in [4.69, 9.17) is 4.74 Å². The van der Waals surface area contributed by atoms with Gasteiger partial charge in [-0.1, -0.05) is 19.9 Å². The third kappa shape index (κ3) is 3.97. The number of likely N-dealkylation sites (N-methyl/N-ethyl adjacent to an activating group) is 1. The minimum absolute atomic E-state index is 0.203. The molecule has 8 heteroatoms. The molecule has 0 aromatic carbocycles. The van der Waals surface area contributed by atoms with Gasteiger partial charge in [-0.2, -0.15) is 0 Å². The molecule has 0 bridgehead atoms. The molecule has 3 aromatic heterocycles. The topological polar surface area (TPSA) is 88.9 Å². The maximum absolute atomic E-state index is 12.7. The second-order valence-corrected chi connectivity index (χ2v) is 5.66. The number of rotatable bonds is 8. The lowest BCUT2D eigenvalue weighted by atomic mass is 10.2. The van der Waals surface area contributed by atoms with E-state index in [0.717, 1.165) is 25.2 Å². The van der Waals surface area contributed by atoms with Gasteiger partial charge in [0.25, 0.3) is 5.56 Å². The monoisotopic (exact) mass is 354 g/mol. The highest BCUT2D eigenvalue weighted by molar-refractivity contribution is 5.60. The van der Waals surface area contributed by atoms with Crippen LogP contribution >= 0.6 is 0 Å². The van der Waals surface area contributed by atoms with Crippen LogP contribution in [0.4, 0.5) is 0 Å². The van der Waals surface area contributed by atoms with E-state index in [0.29, 0.717) is 23.9 Å². The Kier molecular flexibility index (Phi) is 5.75. The molecule has 3 aromatic rings. The number of nitrogens with one attached hydrogen (secondary N) is 1. The molecule has 0 aliphatic heterocycles. The molecule has 3 rings (SSSR count). The average molecular weight is 354 g/mol. The number of pyridine rings is 1. The van der Waals surface area contributed by atoms with Crippen molar-refractivity contribution < 1.29 is 4.74 Å². The molecule has 3 heterocycles. The highest BCUT2D eigenvalue weighted by atomic mass is 16.5. The van der Waals surface area contributed by atoms with Crippen molar-refractivity contribution in [3.8, 4) is 22.8 Å². The molecular weight excluding hydrogens is 332 g/mol. The SMILES string of the molecule is CCN(CC)CCOc1cc(-n2[nH]cc(-c3cccnc3)c2=O)ncn1. The number of H-pyrrole nitrogens is 1. The summed E-state index contributed by atoms with van der Waals surface area (Å²) in [5.41, 5.74) is 1.07. The predicted octanol–water partition coefficient (Wildman–Crippen LogP) is 1.74. The summed E-state index contributed by atoms with van der Waals surface area (Å²) in [6.45, 7) is 7.53. The van der Waals surface area contributed by atoms with Gasteiger partial charge in [-0.25, -0.2) is 14.6 Å². The van der Waals surface area contributed by atoms with Crippen LogP contribution in [0.25, 0.3) is 16.9 Å². The first kappa shape index (κ1) is 17.8. The zero-order chi connectivity index (χ0) is 18.4. The van der Waals surface area contributed by atoms with Gasteiger partial charge in [0.15, 0.2) is 5.82 Å². The van der Waals surface area contributed by atoms with E-state index in [2.05, 4.69) is 38.8 Å². The van der Waals surface area contributed by atoms with E-state index in [1.54, 1.807) is 30.7 Å². The van der Waals surface area contributed by atoms with Crippen molar-refractivity contribution in [1.29, 1.82) is 0 Å². The van der Waals surface area contributed by atoms with Gasteiger partial charge in [-0.15, -0.1) is 0 Å². The largest absolute Gasteiger partial charge is 0.476 e. The summed E-state index contributed by atoms with van der Waals surface area (Å²) in [6.07, 6.45) is 6.35. The fourth-order valence-electron chi connectivity index (χ4n) is 2.62. The number of hydrogen-bond donors (Lipinski definition) is 1. The molecule has 0 aliphatic rings. The van der Waals surface area contributed by atoms with Gasteiger partial charge in [-0.05, 0) is 19.2 Å². The van der Waals surface area contributed by atoms with Crippen LogP contribution in [0, 0.1) is 0 Å². The summed E-state index contributed by atoms with van der Waals surface area (Å²) in [6, 6.07) is 5.27. The minimum Gasteiger partial charge on any atom is -0.476 e. The first-order valence-electron chi connectivity index (χ1n) is 8.61. The van der Waals surface area contributed by atoms with Crippen molar-refractivity contribution in [2.24, 2.45) is 0 Å². The average Bonchev–Trinajstić information content (AvgIpc) is 3.07. The third-order valence-electron chi connectivity index (χ3n) is 4.15. The molecule has 0 radical (unpaired) electrons. The minimum atomic E-state index is -0.203. The van der Waals surface area contributed by atoms with Crippen LogP contribution in [-0.2, 0) is 0 Å². The highest BCUT2D eigenvalue weighted by Crippen LogP contribution is 2.14. The van der Waals surface area contributed by atoms with Crippen molar-refractivity contribution in [1.82, 2.24) is 29.6 Å². The number of nitrogens with zero attached hydrogens (tertiary/aromatic N) is 5. The lowest BCUT2D eigenvalue weighted by molar-refractivity contribution is 0.217. The van der Waals surface area contributed by atoms with E-state index in [1.165, 1.54) is 11.0 Å². The normalized spacial score (nSPS) is 11.0. The Morgan fingerprint density at radius 2 is 2.12 bits per heavy atom. The summed E-state index contributed by atoms with van der Waals surface area (Å²) in [5.74, 6) is 0.865. The predicted molar refractivity (Wildman–Crippen MR) is 98.5 cm³/mol. The molecular formula is C18H22N6O2. The van der Waals surface area contributed by atoms with Crippen molar-refractivity contribution in [3.05, 3.63) is 53.5 Å². The molecule has 1 N–H and O–H groups in total. The quantitative estimate of drug-likeness (QED) is 0.663. The van der Waals surface area contributed by atoms with Crippen LogP contribution in [0.5, 0.6) is 5.88 Å². The molecule has 0 aliphatic carbocycles. The van der Waals surface area contributed by atoms with Crippen molar-refractivity contribution in [2.75, 3.05) is 26.2 Å². The van der Waals surface area contributed by atoms with Gasteiger partial charge in [0, 0.05) is 36.8 Å². The molecule has 0 saturated carbocycles. The Balaban J connectivity index is 1.77. The van der Waals surface area contributed by atoms with Gasteiger partial charge in [0.1, 0.15) is 12.9 Å². The van der Waals surface area contributed by atoms with Crippen LogP contribution in [0.3, 0.4) is 0 Å². The Labute approximate surface area is 151 Å². The highest BCUT2D eigenvalue weighted by Gasteiger charge is 2.12. The molecule has 0 saturated heterocycles. The Morgan fingerprint density at radius 3 is 2.85 bits per heavy atom. The smallest absolute Gasteiger partial charge is 0.280 e. The van der Waals surface area contributed by atoms with E-state index in [9.17, 15) is 4.79 Å². The second-order valence-electron chi connectivity index (χ2n) is 5.66. The van der Waals surface area contributed by atoms with Crippen LogP contribution in [-0.4, -0.2) is 55.9 Å². The van der Waals surface area contributed by atoms with E-state index < -0.39 is 0 Å². The summed E-state index contributed by atoms with van der Waals surface area (Å²) < 4.78 is 7.06. The second kappa shape index (κ2) is 8.39. The summed E-state index contributed by atoms with van der Waals surface area (Å²) in [7, 11) is 0. The van der Waals surface area contributed by atoms with E-state index in [1.807, 2.05) is 6.07 Å². The molecule has 0 unspecified atom stereocenters. The first-order valence-corrected chi connectivity index (χ1v) is 8.61. The number of aromatic amines is 1. The van der Waals surface area contributed by atoms with Gasteiger partial charge < -0.3 is 9.64 Å². The maximum atomic E-state index is 12.7. The van der Waals surface area contributed by atoms with Crippen LogP contribution < -0.4 is 10.3 Å². The zero-order valence-electron chi connectivity index (χ0n) is 14.9. The van der Waals surface area contributed by atoms with Crippen LogP contribution in [0.15, 0.2) is 47.9 Å². The standard InChI is InChI=1S/C18H22N6O2/c1-3-23(4-2)8-9-26-17-10-16(20-13-21-17)24-18(25)15(12-22-24)14-6-5-7-19-11-14/h5-7,10-13,22H,3-4,8-9H2,1-2H3. The van der Waals surface area contributed by atoms with Crippen molar-refractivity contribution in [3.63, 3.8) is 0 Å².